The number of amides is 2. The number of aliphatic imine (C=N–C) groups is 1. The number of ether oxygens (including phenoxy) is 1. The second-order valence-corrected chi connectivity index (χ2v) is 12.9. The number of dihydropyridines is 1. The minimum Gasteiger partial charge on any atom is -0.495 e. The van der Waals surface area contributed by atoms with Gasteiger partial charge in [-0.05, 0) is 47.7 Å². The van der Waals surface area contributed by atoms with Gasteiger partial charge in [0.25, 0.3) is 0 Å². The van der Waals surface area contributed by atoms with Gasteiger partial charge in [-0.15, -0.1) is 0 Å². The SMILES string of the molecule is COc1cc(C(=O)O)ccc1N1CN2[C@@H](CC(C)(C)C)[C@@]3(C(=O)NC4N=CC=CC43)[C@@H](c3cccc(Cl)c3F)[C@@H]2C1=O. The zero-order valence-electron chi connectivity index (χ0n) is 23.7. The summed E-state index contributed by atoms with van der Waals surface area (Å²) in [5, 5.41) is 12.5. The van der Waals surface area contributed by atoms with Gasteiger partial charge in [0.05, 0.1) is 41.5 Å². The van der Waals surface area contributed by atoms with Crippen molar-refractivity contribution in [1.29, 1.82) is 0 Å². The van der Waals surface area contributed by atoms with E-state index in [2.05, 4.69) is 31.1 Å². The molecule has 1 spiro atoms. The molecule has 6 rings (SSSR count). The number of carboxylic acids is 1. The molecule has 3 saturated heterocycles. The van der Waals surface area contributed by atoms with Gasteiger partial charge >= 0.3 is 5.97 Å². The number of hydrogen-bond acceptors (Lipinski definition) is 6. The van der Waals surface area contributed by atoms with Gasteiger partial charge in [-0.25, -0.2) is 9.18 Å². The Labute approximate surface area is 248 Å². The van der Waals surface area contributed by atoms with Crippen LogP contribution < -0.4 is 15.0 Å². The van der Waals surface area contributed by atoms with Crippen LogP contribution in [0.2, 0.25) is 5.02 Å². The highest BCUT2D eigenvalue weighted by atomic mass is 35.5. The molecule has 0 saturated carbocycles. The van der Waals surface area contributed by atoms with E-state index < -0.39 is 47.3 Å². The molecule has 4 aliphatic heterocycles. The lowest BCUT2D eigenvalue weighted by Crippen LogP contribution is -2.52. The number of methoxy groups -OCH3 is 1. The van der Waals surface area contributed by atoms with Crippen LogP contribution in [-0.4, -0.2) is 66.0 Å². The number of benzene rings is 2. The average molecular weight is 595 g/mol. The summed E-state index contributed by atoms with van der Waals surface area (Å²) in [4.78, 5) is 48.6. The molecule has 3 fully saturated rings. The number of allylic oxidation sites excluding steroid dienone is 1. The monoisotopic (exact) mass is 594 g/mol. The van der Waals surface area contributed by atoms with Crippen molar-refractivity contribution in [2.45, 2.75) is 51.4 Å². The van der Waals surface area contributed by atoms with Gasteiger partial charge in [0.2, 0.25) is 11.8 Å². The van der Waals surface area contributed by atoms with Crippen molar-refractivity contribution in [3.05, 3.63) is 70.5 Å². The number of aromatic carboxylic acids is 1. The van der Waals surface area contributed by atoms with Crippen molar-refractivity contribution >= 4 is 41.3 Å². The molecule has 4 aliphatic rings. The number of nitrogens with zero attached hydrogens (tertiary/aromatic N) is 3. The van der Waals surface area contributed by atoms with Gasteiger partial charge in [0.15, 0.2) is 0 Å². The first kappa shape index (κ1) is 28.4. The van der Waals surface area contributed by atoms with E-state index in [-0.39, 0.29) is 45.8 Å². The van der Waals surface area contributed by atoms with Gasteiger partial charge < -0.3 is 15.2 Å². The van der Waals surface area contributed by atoms with E-state index in [0.717, 1.165) is 0 Å². The predicted octanol–water partition coefficient (Wildman–Crippen LogP) is 4.46. The molecule has 11 heteroatoms. The Bertz CT molecular complexity index is 1550. The zero-order valence-corrected chi connectivity index (χ0v) is 24.4. The predicted molar refractivity (Wildman–Crippen MR) is 155 cm³/mol. The number of hydrogen-bond donors (Lipinski definition) is 2. The smallest absolute Gasteiger partial charge is 0.335 e. The minimum atomic E-state index is -1.22. The van der Waals surface area contributed by atoms with Gasteiger partial charge in [0, 0.05) is 24.1 Å². The van der Waals surface area contributed by atoms with E-state index >= 15 is 4.39 Å². The third kappa shape index (κ3) is 4.06. The number of anilines is 1. The van der Waals surface area contributed by atoms with Crippen molar-refractivity contribution in [3.63, 3.8) is 0 Å². The Morgan fingerprint density at radius 2 is 2.02 bits per heavy atom. The van der Waals surface area contributed by atoms with Gasteiger partial charge in [-0.1, -0.05) is 50.6 Å². The van der Waals surface area contributed by atoms with Gasteiger partial charge in [-0.2, -0.15) is 0 Å². The van der Waals surface area contributed by atoms with Gasteiger partial charge in [0.1, 0.15) is 17.7 Å². The lowest BCUT2D eigenvalue weighted by molar-refractivity contribution is -0.131. The molecule has 2 aromatic rings. The maximum atomic E-state index is 16.0. The van der Waals surface area contributed by atoms with Crippen LogP contribution in [0, 0.1) is 22.6 Å². The molecule has 4 heterocycles. The van der Waals surface area contributed by atoms with Crippen LogP contribution in [0.25, 0.3) is 0 Å². The van der Waals surface area contributed by atoms with Crippen LogP contribution in [0.15, 0.2) is 53.5 Å². The topological polar surface area (TPSA) is 112 Å². The maximum Gasteiger partial charge on any atom is 0.335 e. The highest BCUT2D eigenvalue weighted by molar-refractivity contribution is 6.30. The Morgan fingerprint density at radius 3 is 2.71 bits per heavy atom. The van der Waals surface area contributed by atoms with Crippen LogP contribution in [0.3, 0.4) is 0 Å². The minimum absolute atomic E-state index is 0.0180. The van der Waals surface area contributed by atoms with Crippen LogP contribution in [0.5, 0.6) is 5.75 Å². The second-order valence-electron chi connectivity index (χ2n) is 12.5. The van der Waals surface area contributed by atoms with E-state index in [4.69, 9.17) is 16.3 Å². The molecule has 0 aliphatic carbocycles. The van der Waals surface area contributed by atoms with E-state index in [1.807, 2.05) is 11.0 Å². The quantitative estimate of drug-likeness (QED) is 0.529. The molecule has 42 heavy (non-hydrogen) atoms. The molecule has 2 N–H and O–H groups in total. The summed E-state index contributed by atoms with van der Waals surface area (Å²) in [6.45, 7) is 6.33. The summed E-state index contributed by atoms with van der Waals surface area (Å²) >= 11 is 6.30. The van der Waals surface area contributed by atoms with Crippen molar-refractivity contribution in [1.82, 2.24) is 10.2 Å². The number of carbonyl (C=O) groups is 3. The molecule has 6 atom stereocenters. The van der Waals surface area contributed by atoms with Crippen LogP contribution in [0.4, 0.5) is 10.1 Å². The summed E-state index contributed by atoms with van der Waals surface area (Å²) < 4.78 is 21.5. The van der Waals surface area contributed by atoms with Crippen molar-refractivity contribution in [2.24, 2.45) is 21.7 Å². The lowest BCUT2D eigenvalue weighted by Gasteiger charge is -2.43. The fraction of sp³-hybridized carbons (Fsp3) is 0.419. The largest absolute Gasteiger partial charge is 0.495 e. The molecule has 2 amide bonds. The Hall–Kier alpha value is -3.76. The number of nitrogens with one attached hydrogen (secondary N) is 1. The Kier molecular flexibility index (Phi) is 6.69. The Morgan fingerprint density at radius 1 is 1.26 bits per heavy atom. The third-order valence-electron chi connectivity index (χ3n) is 9.02. The van der Waals surface area contributed by atoms with Crippen LogP contribution >= 0.6 is 11.6 Å². The summed E-state index contributed by atoms with van der Waals surface area (Å²) in [5.74, 6) is -3.48. The van der Waals surface area contributed by atoms with Crippen molar-refractivity contribution in [3.8, 4) is 5.75 Å². The number of carbonyl (C=O) groups excluding carboxylic acids is 2. The number of rotatable bonds is 5. The Balaban J connectivity index is 1.57. The zero-order chi connectivity index (χ0) is 30.1. The normalized spacial score (nSPS) is 30.1. The second kappa shape index (κ2) is 9.91. The van der Waals surface area contributed by atoms with E-state index in [9.17, 15) is 19.5 Å². The third-order valence-corrected chi connectivity index (χ3v) is 9.31. The molecule has 0 bridgehead atoms. The van der Waals surface area contributed by atoms with Crippen molar-refractivity contribution < 1.29 is 28.6 Å². The summed E-state index contributed by atoms with van der Waals surface area (Å²) in [5.41, 5.74) is -0.866. The molecule has 2 unspecified atom stereocenters. The van der Waals surface area contributed by atoms with E-state index in [0.29, 0.717) is 12.1 Å². The van der Waals surface area contributed by atoms with Crippen molar-refractivity contribution in [2.75, 3.05) is 18.7 Å². The first-order chi connectivity index (χ1) is 19.9. The molecule has 2 aromatic carbocycles. The lowest BCUT2D eigenvalue weighted by atomic mass is 9.59. The molecule has 0 aromatic heterocycles. The molecule has 9 nitrogen and oxygen atoms in total. The molecular weight excluding hydrogens is 563 g/mol. The average Bonchev–Trinajstić information content (AvgIpc) is 3.52. The molecule has 0 radical (unpaired) electrons. The van der Waals surface area contributed by atoms with Crippen LogP contribution in [0.1, 0.15) is 49.0 Å². The highest BCUT2D eigenvalue weighted by Gasteiger charge is 2.74. The fourth-order valence-electron chi connectivity index (χ4n) is 7.46. The molecular formula is C31H32ClFN4O5. The summed E-state index contributed by atoms with van der Waals surface area (Å²) in [7, 11) is 1.41. The number of fused-ring (bicyclic) bond motifs is 3. The highest BCUT2D eigenvalue weighted by Crippen LogP contribution is 2.63. The van der Waals surface area contributed by atoms with Crippen LogP contribution in [-0.2, 0) is 9.59 Å². The number of halogens is 2. The fourth-order valence-corrected chi connectivity index (χ4v) is 7.65. The number of carboxylic acid groups (broad SMARTS) is 1. The van der Waals surface area contributed by atoms with Gasteiger partial charge in [-0.3, -0.25) is 24.4 Å². The molecule has 220 valence electrons. The standard InChI is InChI=1S/C31H32ClFN4O5/c1-30(2,3)14-22-31(18-8-6-12-34-26(18)35-29(31)41)23(17-7-5-9-19(32)24(17)33)25-27(38)36(15-37(22)25)20-11-10-16(28(39)40)13-21(20)42-4/h5-13,18,22-23,25-26H,14-15H2,1-4H3,(H,35,41)(H,39,40)/t18?,22-,23-,25+,26?,31+/m0/s1. The first-order valence-corrected chi connectivity index (χ1v) is 14.2. The first-order valence-electron chi connectivity index (χ1n) is 13.8. The summed E-state index contributed by atoms with van der Waals surface area (Å²) in [6.07, 6.45) is 5.38. The van der Waals surface area contributed by atoms with E-state index in [1.165, 1.54) is 30.2 Å². The summed E-state index contributed by atoms with van der Waals surface area (Å²) in [6, 6.07) is 7.65. The van der Waals surface area contributed by atoms with E-state index in [1.54, 1.807) is 30.5 Å². The maximum absolute atomic E-state index is 16.0.